The number of hydrogen-bond acceptors (Lipinski definition) is 5. The van der Waals surface area contributed by atoms with Gasteiger partial charge in [-0.3, -0.25) is 10.1 Å². The average Bonchev–Trinajstić information content (AvgIpc) is 2.18. The molecule has 0 bridgehead atoms. The maximum Gasteiger partial charge on any atom is 0.314 e. The van der Waals surface area contributed by atoms with Crippen LogP contribution in [-0.4, -0.2) is 18.1 Å². The maximum absolute atomic E-state index is 11.8. The summed E-state index contributed by atoms with van der Waals surface area (Å²) in [4.78, 5) is 10.2. The van der Waals surface area contributed by atoms with Gasteiger partial charge >= 0.3 is 15.8 Å². The molecule has 100 valence electrons. The summed E-state index contributed by atoms with van der Waals surface area (Å²) in [7, 11) is -3.92. The van der Waals surface area contributed by atoms with Gasteiger partial charge in [-0.05, 0) is 39.3 Å². The van der Waals surface area contributed by atoms with Crippen LogP contribution in [0.3, 0.4) is 0 Å². The molecule has 0 fully saturated rings. The van der Waals surface area contributed by atoms with Crippen LogP contribution in [0.2, 0.25) is 0 Å². The van der Waals surface area contributed by atoms with Gasteiger partial charge in [0.15, 0.2) is 0 Å². The van der Waals surface area contributed by atoms with Gasteiger partial charge < -0.3 is 4.18 Å². The van der Waals surface area contributed by atoms with Gasteiger partial charge in [0.1, 0.15) is 0 Å². The van der Waals surface area contributed by atoms with Gasteiger partial charge in [0.05, 0.1) is 9.67 Å². The number of aryl methyl sites for hydroxylation is 1. The van der Waals surface area contributed by atoms with Crippen molar-refractivity contribution in [3.05, 3.63) is 33.9 Å². The highest BCUT2D eigenvalue weighted by Gasteiger charge is 2.33. The maximum atomic E-state index is 11.8. The Balaban J connectivity index is 3.25. The third kappa shape index (κ3) is 2.98. The van der Waals surface area contributed by atoms with E-state index >= 15 is 0 Å². The summed E-state index contributed by atoms with van der Waals surface area (Å²) in [6, 6.07) is 4.12. The van der Waals surface area contributed by atoms with E-state index in [1.54, 1.807) is 13.0 Å². The number of nitrogens with zero attached hydrogens (tertiary/aromatic N) is 1. The highest BCUT2D eigenvalue weighted by Crippen LogP contribution is 2.31. The van der Waals surface area contributed by atoms with E-state index in [9.17, 15) is 18.5 Å². The van der Waals surface area contributed by atoms with Crippen LogP contribution < -0.4 is 4.18 Å². The third-order valence-electron chi connectivity index (χ3n) is 2.26. The van der Waals surface area contributed by atoms with Crippen LogP contribution in [0.15, 0.2) is 18.2 Å². The van der Waals surface area contributed by atoms with Crippen LogP contribution >= 0.6 is 0 Å². The molecule has 6 nitrogen and oxygen atoms in total. The second-order valence-corrected chi connectivity index (χ2v) is 7.18. The van der Waals surface area contributed by atoms with Crippen LogP contribution in [0.1, 0.15) is 26.3 Å². The Bertz CT molecular complexity index is 572. The molecule has 0 saturated heterocycles. The quantitative estimate of drug-likeness (QED) is 0.479. The van der Waals surface area contributed by atoms with Crippen LogP contribution in [0.25, 0.3) is 0 Å². The molecule has 0 aliphatic heterocycles. The lowest BCUT2D eigenvalue weighted by molar-refractivity contribution is -0.385. The Labute approximate surface area is 106 Å². The Morgan fingerprint density at radius 1 is 1.28 bits per heavy atom. The van der Waals surface area contributed by atoms with E-state index in [0.717, 1.165) is 0 Å². The van der Waals surface area contributed by atoms with E-state index in [1.165, 1.54) is 32.9 Å². The summed E-state index contributed by atoms with van der Waals surface area (Å²) in [6.07, 6.45) is 0. The average molecular weight is 273 g/mol. The number of nitro groups is 1. The van der Waals surface area contributed by atoms with Gasteiger partial charge in [-0.15, -0.1) is 0 Å². The van der Waals surface area contributed by atoms with Crippen molar-refractivity contribution in [2.45, 2.75) is 32.4 Å². The van der Waals surface area contributed by atoms with Gasteiger partial charge in [0.25, 0.3) is 0 Å². The molecule has 7 heteroatoms. The minimum absolute atomic E-state index is 0.263. The van der Waals surface area contributed by atoms with Gasteiger partial charge in [0, 0.05) is 6.07 Å². The Hall–Kier alpha value is -1.63. The molecule has 0 atom stereocenters. The number of rotatable bonds is 3. The number of nitro benzene ring substituents is 1. The van der Waals surface area contributed by atoms with Crippen LogP contribution in [0.4, 0.5) is 5.69 Å². The molecule has 0 aliphatic rings. The summed E-state index contributed by atoms with van der Waals surface area (Å²) in [5.74, 6) is -0.263. The molecule has 1 rings (SSSR count). The molecular weight excluding hydrogens is 258 g/mol. The summed E-state index contributed by atoms with van der Waals surface area (Å²) < 4.78 is 27.4. The minimum Gasteiger partial charge on any atom is -0.375 e. The van der Waals surface area contributed by atoms with E-state index in [0.29, 0.717) is 5.56 Å². The first-order valence-electron chi connectivity index (χ1n) is 5.24. The fourth-order valence-electron chi connectivity index (χ4n) is 1.08. The lowest BCUT2D eigenvalue weighted by atomic mass is 10.2. The van der Waals surface area contributed by atoms with Gasteiger partial charge in [-0.2, -0.15) is 8.42 Å². The second kappa shape index (κ2) is 4.56. The predicted molar refractivity (Wildman–Crippen MR) is 67.1 cm³/mol. The van der Waals surface area contributed by atoms with E-state index in [2.05, 4.69) is 0 Å². The van der Waals surface area contributed by atoms with Crippen molar-refractivity contribution >= 4 is 15.8 Å². The molecule has 0 N–H and O–H groups in total. The molecule has 0 aliphatic carbocycles. The van der Waals surface area contributed by atoms with E-state index in [1.807, 2.05) is 0 Å². The van der Waals surface area contributed by atoms with Crippen LogP contribution in [0.5, 0.6) is 5.75 Å². The summed E-state index contributed by atoms with van der Waals surface area (Å²) in [5.41, 5.74) is 0.296. The highest BCUT2D eigenvalue weighted by atomic mass is 32.2. The molecule has 1 aromatic rings. The monoisotopic (exact) mass is 273 g/mol. The van der Waals surface area contributed by atoms with Gasteiger partial charge in [-0.25, -0.2) is 0 Å². The first-order chi connectivity index (χ1) is 8.04. The SMILES string of the molecule is Cc1ccc(OS(=O)(=O)C(C)(C)C)c([N+](=O)[O-])c1. The van der Waals surface area contributed by atoms with Crippen molar-refractivity contribution in [1.82, 2.24) is 0 Å². The zero-order valence-electron chi connectivity index (χ0n) is 10.6. The fraction of sp³-hybridized carbons (Fsp3) is 0.455. The molecule has 0 saturated carbocycles. The zero-order chi connectivity index (χ0) is 14.1. The zero-order valence-corrected chi connectivity index (χ0v) is 11.4. The van der Waals surface area contributed by atoms with Crippen molar-refractivity contribution in [2.24, 2.45) is 0 Å². The van der Waals surface area contributed by atoms with Gasteiger partial charge in [0.2, 0.25) is 5.75 Å². The normalized spacial score (nSPS) is 12.2. The topological polar surface area (TPSA) is 86.5 Å². The van der Waals surface area contributed by atoms with Crippen molar-refractivity contribution in [2.75, 3.05) is 0 Å². The minimum atomic E-state index is -3.92. The first kappa shape index (κ1) is 14.4. The molecule has 0 radical (unpaired) electrons. The summed E-state index contributed by atoms with van der Waals surface area (Å²) >= 11 is 0. The van der Waals surface area contributed by atoms with Crippen molar-refractivity contribution in [1.29, 1.82) is 0 Å². The Morgan fingerprint density at radius 3 is 2.28 bits per heavy atom. The Morgan fingerprint density at radius 2 is 1.83 bits per heavy atom. The molecule has 0 unspecified atom stereocenters. The van der Waals surface area contributed by atoms with Crippen molar-refractivity contribution in [3.8, 4) is 5.75 Å². The number of benzene rings is 1. The Kier molecular flexibility index (Phi) is 3.66. The lowest BCUT2D eigenvalue weighted by Crippen LogP contribution is -2.32. The smallest absolute Gasteiger partial charge is 0.314 e. The largest absolute Gasteiger partial charge is 0.375 e. The molecule has 18 heavy (non-hydrogen) atoms. The third-order valence-corrected chi connectivity index (χ3v) is 4.16. The second-order valence-electron chi connectivity index (χ2n) is 4.88. The lowest BCUT2D eigenvalue weighted by Gasteiger charge is -2.18. The highest BCUT2D eigenvalue weighted by molar-refractivity contribution is 7.88. The molecule has 0 spiro atoms. The summed E-state index contributed by atoms with van der Waals surface area (Å²) in [6.45, 7) is 6.06. The molecule has 1 aromatic carbocycles. The van der Waals surface area contributed by atoms with Crippen molar-refractivity contribution in [3.63, 3.8) is 0 Å². The van der Waals surface area contributed by atoms with Crippen molar-refractivity contribution < 1.29 is 17.5 Å². The first-order valence-corrected chi connectivity index (χ1v) is 6.64. The standard InChI is InChI=1S/C11H15NO5S/c1-8-5-6-10(9(7-8)12(13)14)17-18(15,16)11(2,3)4/h5-7H,1-4H3. The van der Waals surface area contributed by atoms with Crippen LogP contribution in [0, 0.1) is 17.0 Å². The van der Waals surface area contributed by atoms with E-state index in [-0.39, 0.29) is 11.4 Å². The van der Waals surface area contributed by atoms with E-state index < -0.39 is 19.8 Å². The molecule has 0 aromatic heterocycles. The fourth-order valence-corrected chi connectivity index (χ4v) is 1.71. The number of hydrogen-bond donors (Lipinski definition) is 0. The molecule has 0 heterocycles. The van der Waals surface area contributed by atoms with E-state index in [4.69, 9.17) is 4.18 Å². The predicted octanol–water partition coefficient (Wildman–Crippen LogP) is 2.41. The van der Waals surface area contributed by atoms with Crippen LogP contribution in [-0.2, 0) is 10.1 Å². The molecular formula is C11H15NO5S. The molecule has 0 amide bonds. The van der Waals surface area contributed by atoms with Gasteiger partial charge in [-0.1, -0.05) is 6.07 Å². The summed E-state index contributed by atoms with van der Waals surface area (Å²) in [5, 5.41) is 10.8.